The molecule has 1 aliphatic heterocycles. The van der Waals surface area contributed by atoms with Gasteiger partial charge in [0.15, 0.2) is 8.57 Å². The monoisotopic (exact) mass is 550 g/mol. The summed E-state index contributed by atoms with van der Waals surface area (Å²) in [5.41, 5.74) is 1.39. The molecule has 0 unspecified atom stereocenters. The summed E-state index contributed by atoms with van der Waals surface area (Å²) in [6.45, 7) is 3.73. The van der Waals surface area contributed by atoms with E-state index in [-0.39, 0.29) is 12.2 Å². The van der Waals surface area contributed by atoms with Crippen LogP contribution in [0.5, 0.6) is 5.75 Å². The molecule has 0 amide bonds. The van der Waals surface area contributed by atoms with E-state index in [1.165, 1.54) is 11.3 Å². The van der Waals surface area contributed by atoms with Gasteiger partial charge in [0.25, 0.3) is 5.56 Å². The Morgan fingerprint density at radius 3 is 2.65 bits per heavy atom. The van der Waals surface area contributed by atoms with Gasteiger partial charge in [-0.2, -0.15) is 0 Å². The summed E-state index contributed by atoms with van der Waals surface area (Å²) >= 11 is 3.33. The quantitative estimate of drug-likeness (QED) is 0.361. The van der Waals surface area contributed by atoms with Gasteiger partial charge in [0.1, 0.15) is 11.5 Å². The van der Waals surface area contributed by atoms with E-state index in [0.717, 1.165) is 9.33 Å². The first-order chi connectivity index (χ1) is 14.9. The largest absolute Gasteiger partial charge is 0.497 e. The van der Waals surface area contributed by atoms with Crippen molar-refractivity contribution < 1.29 is 18.7 Å². The number of fused-ring (bicyclic) bond motifs is 1. The standard InChI is InChI=1S/C22H19IN2O5S/c1-4-29-21(27)18-12(2)24-22-25(19(18)13-5-7-14(28-3)8-6-13)20(26)16(31-22)11-15-9-10-17(23)30-15/h5-11,19H,4H2,1-3H3/b16-11+/t19-/m1/s1. The molecule has 160 valence electrons. The predicted octanol–water partition coefficient (Wildman–Crippen LogP) is 3.00. The maximum absolute atomic E-state index is 13.4. The second-order valence-corrected chi connectivity index (χ2v) is 8.79. The Kier molecular flexibility index (Phi) is 6.15. The minimum Gasteiger partial charge on any atom is -0.497 e. The summed E-state index contributed by atoms with van der Waals surface area (Å²) in [6, 6.07) is 10.3. The van der Waals surface area contributed by atoms with Crippen LogP contribution in [0.15, 0.2) is 61.9 Å². The Morgan fingerprint density at radius 1 is 1.29 bits per heavy atom. The molecule has 3 heterocycles. The number of allylic oxidation sites excluding steroid dienone is 1. The van der Waals surface area contributed by atoms with Gasteiger partial charge < -0.3 is 13.9 Å². The number of carbonyl (C=O) groups is 1. The van der Waals surface area contributed by atoms with Crippen molar-refractivity contribution in [3.8, 4) is 5.75 Å². The van der Waals surface area contributed by atoms with E-state index in [1.807, 2.05) is 18.2 Å². The van der Waals surface area contributed by atoms with Gasteiger partial charge in [-0.1, -0.05) is 23.5 Å². The van der Waals surface area contributed by atoms with Gasteiger partial charge >= 0.3 is 5.97 Å². The van der Waals surface area contributed by atoms with Crippen LogP contribution in [0, 0.1) is 3.77 Å². The zero-order valence-electron chi connectivity index (χ0n) is 17.0. The molecule has 7 nitrogen and oxygen atoms in total. The van der Waals surface area contributed by atoms with Crippen molar-refractivity contribution in [1.82, 2.24) is 4.57 Å². The lowest BCUT2D eigenvalue weighted by atomic mass is 9.96. The molecule has 0 saturated heterocycles. The minimum absolute atomic E-state index is 0.229. The highest BCUT2D eigenvalue weighted by Gasteiger charge is 2.33. The first-order valence-corrected chi connectivity index (χ1v) is 11.4. The normalized spacial score (nSPS) is 16.1. The molecule has 4 rings (SSSR count). The van der Waals surface area contributed by atoms with Gasteiger partial charge in [0, 0.05) is 6.08 Å². The van der Waals surface area contributed by atoms with Crippen LogP contribution in [0.25, 0.3) is 6.08 Å². The van der Waals surface area contributed by atoms with Gasteiger partial charge in [-0.3, -0.25) is 9.36 Å². The van der Waals surface area contributed by atoms with E-state index in [4.69, 9.17) is 13.9 Å². The lowest BCUT2D eigenvalue weighted by Crippen LogP contribution is -2.39. The molecular formula is C22H19IN2O5S. The van der Waals surface area contributed by atoms with E-state index >= 15 is 0 Å². The number of benzene rings is 1. The van der Waals surface area contributed by atoms with E-state index in [0.29, 0.717) is 32.1 Å². The number of esters is 1. The number of nitrogens with zero attached hydrogens (tertiary/aromatic N) is 2. The minimum atomic E-state index is -0.653. The van der Waals surface area contributed by atoms with E-state index in [9.17, 15) is 9.59 Å². The lowest BCUT2D eigenvalue weighted by molar-refractivity contribution is -0.139. The van der Waals surface area contributed by atoms with Crippen molar-refractivity contribution in [2.75, 3.05) is 13.7 Å². The predicted molar refractivity (Wildman–Crippen MR) is 125 cm³/mol. The highest BCUT2D eigenvalue weighted by molar-refractivity contribution is 14.1. The zero-order valence-corrected chi connectivity index (χ0v) is 20.0. The number of thiazole rings is 1. The first kappa shape index (κ1) is 21.6. The Hall–Kier alpha value is -2.66. The molecule has 0 saturated carbocycles. The summed E-state index contributed by atoms with van der Waals surface area (Å²) in [4.78, 5) is 31.3. The SMILES string of the molecule is CCOC(=O)C1=C(C)N=c2s/c(=C/c3ccc(I)o3)c(=O)n2[C@@H]1c1ccc(OC)cc1. The van der Waals surface area contributed by atoms with Crippen LogP contribution in [0.4, 0.5) is 0 Å². The van der Waals surface area contributed by atoms with Crippen LogP contribution in [0.1, 0.15) is 31.2 Å². The van der Waals surface area contributed by atoms with Gasteiger partial charge in [0.2, 0.25) is 0 Å². The molecule has 3 aromatic rings. The van der Waals surface area contributed by atoms with Crippen molar-refractivity contribution in [3.05, 3.63) is 82.4 Å². The van der Waals surface area contributed by atoms with Crippen LogP contribution in [-0.2, 0) is 9.53 Å². The number of aromatic nitrogens is 1. The summed E-state index contributed by atoms with van der Waals surface area (Å²) < 4.78 is 18.9. The molecular weight excluding hydrogens is 531 g/mol. The Morgan fingerprint density at radius 2 is 2.03 bits per heavy atom. The Bertz CT molecular complexity index is 1350. The van der Waals surface area contributed by atoms with Crippen LogP contribution in [0.3, 0.4) is 0 Å². The smallest absolute Gasteiger partial charge is 0.338 e. The number of hydrogen-bond donors (Lipinski definition) is 0. The number of halogens is 1. The molecule has 1 atom stereocenters. The summed E-state index contributed by atoms with van der Waals surface area (Å²) in [5.74, 6) is 0.776. The highest BCUT2D eigenvalue weighted by atomic mass is 127. The Balaban J connectivity index is 1.94. The van der Waals surface area contributed by atoms with Crippen molar-refractivity contribution in [2.24, 2.45) is 4.99 Å². The summed E-state index contributed by atoms with van der Waals surface area (Å²) in [6.07, 6.45) is 1.69. The van der Waals surface area contributed by atoms with Gasteiger partial charge in [-0.05, 0) is 66.3 Å². The molecule has 0 bridgehead atoms. The number of ether oxygens (including phenoxy) is 2. The van der Waals surface area contributed by atoms with Crippen LogP contribution < -0.4 is 19.6 Å². The molecule has 9 heteroatoms. The van der Waals surface area contributed by atoms with Gasteiger partial charge in [-0.15, -0.1) is 0 Å². The second-order valence-electron chi connectivity index (χ2n) is 6.72. The number of rotatable bonds is 5. The fourth-order valence-electron chi connectivity index (χ4n) is 3.43. The average Bonchev–Trinajstić information content (AvgIpc) is 3.30. The molecule has 31 heavy (non-hydrogen) atoms. The van der Waals surface area contributed by atoms with Crippen molar-refractivity contribution >= 4 is 46.0 Å². The van der Waals surface area contributed by atoms with Crippen molar-refractivity contribution in [1.29, 1.82) is 0 Å². The van der Waals surface area contributed by atoms with Crippen LogP contribution in [0.2, 0.25) is 0 Å². The Labute approximate surface area is 195 Å². The van der Waals surface area contributed by atoms with Crippen molar-refractivity contribution in [2.45, 2.75) is 19.9 Å². The van der Waals surface area contributed by atoms with Crippen molar-refractivity contribution in [3.63, 3.8) is 0 Å². The number of methoxy groups -OCH3 is 1. The lowest BCUT2D eigenvalue weighted by Gasteiger charge is -2.24. The number of hydrogen-bond acceptors (Lipinski definition) is 7. The van der Waals surface area contributed by atoms with Crippen LogP contribution in [-0.4, -0.2) is 24.3 Å². The molecule has 0 N–H and O–H groups in total. The third-order valence-electron chi connectivity index (χ3n) is 4.82. The molecule has 1 aromatic carbocycles. The van der Waals surface area contributed by atoms with E-state index < -0.39 is 12.0 Å². The molecule has 0 aliphatic carbocycles. The number of carbonyl (C=O) groups excluding carboxylic acids is 1. The fraction of sp³-hybridized carbons (Fsp3) is 0.227. The average molecular weight is 550 g/mol. The third-order valence-corrected chi connectivity index (χ3v) is 6.38. The first-order valence-electron chi connectivity index (χ1n) is 9.52. The fourth-order valence-corrected chi connectivity index (χ4v) is 4.89. The maximum Gasteiger partial charge on any atom is 0.338 e. The zero-order chi connectivity index (χ0) is 22.1. The second kappa shape index (κ2) is 8.83. The van der Waals surface area contributed by atoms with E-state index in [2.05, 4.69) is 27.6 Å². The van der Waals surface area contributed by atoms with Gasteiger partial charge in [-0.25, -0.2) is 9.79 Å². The molecule has 1 aliphatic rings. The third kappa shape index (κ3) is 4.11. The maximum atomic E-state index is 13.4. The van der Waals surface area contributed by atoms with E-state index in [1.54, 1.807) is 49.8 Å². The molecule has 2 aromatic heterocycles. The van der Waals surface area contributed by atoms with Crippen LogP contribution >= 0.6 is 33.9 Å². The summed E-state index contributed by atoms with van der Waals surface area (Å²) in [5, 5.41) is 0. The molecule has 0 fully saturated rings. The topological polar surface area (TPSA) is 83.0 Å². The highest BCUT2D eigenvalue weighted by Crippen LogP contribution is 2.31. The van der Waals surface area contributed by atoms with Gasteiger partial charge in [0.05, 0.1) is 35.6 Å². The molecule has 0 radical (unpaired) electrons. The number of furan rings is 1. The summed E-state index contributed by atoms with van der Waals surface area (Å²) in [7, 11) is 1.59. The molecule has 0 spiro atoms.